The van der Waals surface area contributed by atoms with Crippen LogP contribution in [0.25, 0.3) is 11.0 Å². The van der Waals surface area contributed by atoms with Crippen molar-refractivity contribution in [2.24, 2.45) is 0 Å². The number of hydrogen-bond acceptors (Lipinski definition) is 6. The summed E-state index contributed by atoms with van der Waals surface area (Å²) in [4.78, 5) is 13.9. The van der Waals surface area contributed by atoms with Crippen molar-refractivity contribution in [1.82, 2.24) is 14.9 Å². The molecule has 4 rings (SSSR count). The molecular weight excluding hydrogens is 324 g/mol. The second-order valence-corrected chi connectivity index (χ2v) is 8.93. The zero-order valence-corrected chi connectivity index (χ0v) is 14.5. The fourth-order valence-corrected chi connectivity index (χ4v) is 4.88. The summed E-state index contributed by atoms with van der Waals surface area (Å²) in [5, 5.41) is 0. The smallest absolute Gasteiger partial charge is 0.152 e. The van der Waals surface area contributed by atoms with Gasteiger partial charge in [-0.05, 0) is 25.0 Å². The van der Waals surface area contributed by atoms with E-state index in [9.17, 15) is 8.42 Å². The largest absolute Gasteiger partial charge is 0.355 e. The van der Waals surface area contributed by atoms with Gasteiger partial charge >= 0.3 is 0 Å². The minimum Gasteiger partial charge on any atom is -0.355 e. The Morgan fingerprint density at radius 2 is 1.62 bits per heavy atom. The SMILES string of the molecule is O=S1(=O)CCN(C2CCN(c3cnc4ccccc4n3)CC2)CC1. The summed E-state index contributed by atoms with van der Waals surface area (Å²) >= 11 is 0. The molecule has 2 aromatic rings. The molecule has 0 unspecified atom stereocenters. The maximum Gasteiger partial charge on any atom is 0.152 e. The molecule has 0 atom stereocenters. The Morgan fingerprint density at radius 3 is 2.33 bits per heavy atom. The minimum absolute atomic E-state index is 0.309. The number of piperidine rings is 1. The summed E-state index contributed by atoms with van der Waals surface area (Å²) < 4.78 is 23.1. The lowest BCUT2D eigenvalue weighted by Gasteiger charge is -2.40. The number of anilines is 1. The first kappa shape index (κ1) is 15.8. The number of nitrogens with zero attached hydrogens (tertiary/aromatic N) is 4. The summed E-state index contributed by atoms with van der Waals surface area (Å²) in [7, 11) is -2.80. The predicted octanol–water partition coefficient (Wildman–Crippen LogP) is 1.33. The van der Waals surface area contributed by atoms with Gasteiger partial charge in [0, 0.05) is 32.2 Å². The Balaban J connectivity index is 1.40. The van der Waals surface area contributed by atoms with Crippen LogP contribution in [0, 0.1) is 0 Å². The van der Waals surface area contributed by atoms with Crippen molar-refractivity contribution in [2.75, 3.05) is 42.6 Å². The van der Waals surface area contributed by atoms with Crippen molar-refractivity contribution in [3.63, 3.8) is 0 Å². The molecule has 7 heteroatoms. The van der Waals surface area contributed by atoms with E-state index in [4.69, 9.17) is 4.98 Å². The average Bonchev–Trinajstić information content (AvgIpc) is 2.61. The van der Waals surface area contributed by atoms with Gasteiger partial charge in [0.1, 0.15) is 5.82 Å². The van der Waals surface area contributed by atoms with Crippen LogP contribution in [0.5, 0.6) is 0 Å². The van der Waals surface area contributed by atoms with E-state index in [1.54, 1.807) is 0 Å². The van der Waals surface area contributed by atoms with E-state index in [0.717, 1.165) is 42.8 Å². The molecule has 0 radical (unpaired) electrons. The van der Waals surface area contributed by atoms with E-state index in [-0.39, 0.29) is 0 Å². The van der Waals surface area contributed by atoms with Gasteiger partial charge in [0.2, 0.25) is 0 Å². The van der Waals surface area contributed by atoms with Gasteiger partial charge in [0.05, 0.1) is 28.7 Å². The monoisotopic (exact) mass is 346 g/mol. The summed E-state index contributed by atoms with van der Waals surface area (Å²) in [6.07, 6.45) is 3.96. The van der Waals surface area contributed by atoms with E-state index in [2.05, 4.69) is 14.8 Å². The molecule has 0 aliphatic carbocycles. The second-order valence-electron chi connectivity index (χ2n) is 6.62. The molecular formula is C17H22N4O2S. The average molecular weight is 346 g/mol. The van der Waals surface area contributed by atoms with E-state index in [1.165, 1.54) is 0 Å². The van der Waals surface area contributed by atoms with Crippen LogP contribution in [0.4, 0.5) is 5.82 Å². The zero-order chi connectivity index (χ0) is 16.6. The van der Waals surface area contributed by atoms with Crippen molar-refractivity contribution >= 4 is 26.7 Å². The van der Waals surface area contributed by atoms with E-state index in [0.29, 0.717) is 30.6 Å². The number of rotatable bonds is 2. The number of fused-ring (bicyclic) bond motifs is 1. The first-order valence-corrected chi connectivity index (χ1v) is 10.3. The third-order valence-electron chi connectivity index (χ3n) is 5.12. The van der Waals surface area contributed by atoms with Gasteiger partial charge in [-0.2, -0.15) is 0 Å². The molecule has 0 N–H and O–H groups in total. The van der Waals surface area contributed by atoms with Crippen molar-refractivity contribution < 1.29 is 8.42 Å². The molecule has 1 aromatic heterocycles. The maximum absolute atomic E-state index is 11.6. The van der Waals surface area contributed by atoms with Crippen molar-refractivity contribution in [3.8, 4) is 0 Å². The van der Waals surface area contributed by atoms with Crippen molar-refractivity contribution in [3.05, 3.63) is 30.5 Å². The highest BCUT2D eigenvalue weighted by Gasteiger charge is 2.30. The van der Waals surface area contributed by atoms with Crippen LogP contribution < -0.4 is 4.90 Å². The van der Waals surface area contributed by atoms with Gasteiger partial charge < -0.3 is 4.90 Å². The lowest BCUT2D eigenvalue weighted by molar-refractivity contribution is 0.182. The Morgan fingerprint density at radius 1 is 0.958 bits per heavy atom. The molecule has 0 spiro atoms. The first-order valence-electron chi connectivity index (χ1n) is 8.52. The number of sulfone groups is 1. The third-order valence-corrected chi connectivity index (χ3v) is 6.73. The standard InChI is InChI=1S/C17H22N4O2S/c22-24(23)11-9-20(10-12-24)14-5-7-21(8-6-14)17-13-18-15-3-1-2-4-16(15)19-17/h1-4,13-14H,5-12H2. The minimum atomic E-state index is -2.80. The van der Waals surface area contributed by atoms with E-state index in [1.807, 2.05) is 30.5 Å². The fraction of sp³-hybridized carbons (Fsp3) is 0.529. The van der Waals surface area contributed by atoms with Gasteiger partial charge in [-0.1, -0.05) is 12.1 Å². The van der Waals surface area contributed by atoms with Gasteiger partial charge in [-0.25, -0.2) is 13.4 Å². The predicted molar refractivity (Wildman–Crippen MR) is 95.0 cm³/mol. The highest BCUT2D eigenvalue weighted by molar-refractivity contribution is 7.91. The normalized spacial score (nSPS) is 22.8. The molecule has 24 heavy (non-hydrogen) atoms. The molecule has 2 saturated heterocycles. The van der Waals surface area contributed by atoms with Crippen LogP contribution in [-0.2, 0) is 9.84 Å². The highest BCUT2D eigenvalue weighted by Crippen LogP contribution is 2.23. The molecule has 0 bridgehead atoms. The molecule has 128 valence electrons. The van der Waals surface area contributed by atoms with Crippen LogP contribution in [0.2, 0.25) is 0 Å². The summed E-state index contributed by atoms with van der Waals surface area (Å²) in [5.41, 5.74) is 1.85. The Bertz CT molecular complexity index is 817. The molecule has 0 amide bonds. The quantitative estimate of drug-likeness (QED) is 0.817. The van der Waals surface area contributed by atoms with E-state index < -0.39 is 9.84 Å². The number of benzene rings is 1. The zero-order valence-electron chi connectivity index (χ0n) is 13.6. The van der Waals surface area contributed by atoms with Crippen molar-refractivity contribution in [1.29, 1.82) is 0 Å². The molecule has 0 saturated carbocycles. The first-order chi connectivity index (χ1) is 11.6. The van der Waals surface area contributed by atoms with Gasteiger partial charge in [0.25, 0.3) is 0 Å². The molecule has 6 nitrogen and oxygen atoms in total. The molecule has 2 fully saturated rings. The summed E-state index contributed by atoms with van der Waals surface area (Å²) in [6.45, 7) is 3.26. The summed E-state index contributed by atoms with van der Waals surface area (Å²) in [5.74, 6) is 1.56. The Hall–Kier alpha value is -1.73. The summed E-state index contributed by atoms with van der Waals surface area (Å²) in [6, 6.07) is 8.42. The molecule has 2 aliphatic rings. The van der Waals surface area contributed by atoms with E-state index >= 15 is 0 Å². The van der Waals surface area contributed by atoms with Crippen LogP contribution in [0.1, 0.15) is 12.8 Å². The highest BCUT2D eigenvalue weighted by atomic mass is 32.2. The second kappa shape index (κ2) is 6.29. The number of aromatic nitrogens is 2. The lowest BCUT2D eigenvalue weighted by atomic mass is 10.0. The van der Waals surface area contributed by atoms with Crippen LogP contribution in [0.15, 0.2) is 30.5 Å². The Labute approximate surface area is 142 Å². The van der Waals surface area contributed by atoms with Crippen LogP contribution in [-0.4, -0.2) is 67.0 Å². The number of para-hydroxylation sites is 2. The Kier molecular flexibility index (Phi) is 4.14. The number of hydrogen-bond donors (Lipinski definition) is 0. The third kappa shape index (κ3) is 3.23. The van der Waals surface area contributed by atoms with Gasteiger partial charge in [0.15, 0.2) is 9.84 Å². The molecule has 3 heterocycles. The fourth-order valence-electron chi connectivity index (χ4n) is 3.65. The lowest BCUT2D eigenvalue weighted by Crippen LogP contribution is -2.50. The van der Waals surface area contributed by atoms with Crippen LogP contribution >= 0.6 is 0 Å². The maximum atomic E-state index is 11.6. The molecule has 2 aliphatic heterocycles. The van der Waals surface area contributed by atoms with Crippen molar-refractivity contribution in [2.45, 2.75) is 18.9 Å². The topological polar surface area (TPSA) is 66.4 Å². The molecule has 1 aromatic carbocycles. The van der Waals surface area contributed by atoms with Gasteiger partial charge in [-0.3, -0.25) is 9.88 Å². The van der Waals surface area contributed by atoms with Gasteiger partial charge in [-0.15, -0.1) is 0 Å². The van der Waals surface area contributed by atoms with Crippen LogP contribution in [0.3, 0.4) is 0 Å².